The molecule has 4 nitrogen and oxygen atoms in total. The van der Waals surface area contributed by atoms with Crippen LogP contribution in [0.1, 0.15) is 47.1 Å². The Labute approximate surface area is 125 Å². The van der Waals surface area contributed by atoms with Gasteiger partial charge >= 0.3 is 0 Å². The molecule has 0 fully saturated rings. The molecule has 110 valence electrons. The molecule has 0 aliphatic heterocycles. The van der Waals surface area contributed by atoms with Crippen molar-refractivity contribution in [1.82, 2.24) is 9.97 Å². The van der Waals surface area contributed by atoms with Crippen LogP contribution in [0.15, 0.2) is 30.6 Å². The van der Waals surface area contributed by atoms with E-state index in [1.165, 1.54) is 24.7 Å². The van der Waals surface area contributed by atoms with Gasteiger partial charge in [-0.2, -0.15) is 0 Å². The maximum Gasteiger partial charge on any atom is 0.274 e. The Bertz CT molecular complexity index is 620. The van der Waals surface area contributed by atoms with Gasteiger partial charge in [-0.3, -0.25) is 4.79 Å². The lowest BCUT2D eigenvalue weighted by Gasteiger charge is -2.08. The van der Waals surface area contributed by atoms with Crippen molar-refractivity contribution in [2.75, 3.05) is 5.32 Å². The second kappa shape index (κ2) is 6.97. The highest BCUT2D eigenvalue weighted by molar-refractivity contribution is 6.03. The zero-order chi connectivity index (χ0) is 15.2. The summed E-state index contributed by atoms with van der Waals surface area (Å²) in [6.45, 7) is 5.91. The molecule has 1 N–H and O–H groups in total. The topological polar surface area (TPSA) is 54.9 Å². The molecule has 0 aliphatic carbocycles. The third kappa shape index (κ3) is 3.88. The number of rotatable bonds is 5. The molecule has 0 saturated carbocycles. The minimum Gasteiger partial charge on any atom is -0.321 e. The third-order valence-electron chi connectivity index (χ3n) is 3.58. The van der Waals surface area contributed by atoms with Crippen molar-refractivity contribution < 1.29 is 4.79 Å². The lowest BCUT2D eigenvalue weighted by atomic mass is 10.1. The first-order chi connectivity index (χ1) is 10.1. The van der Waals surface area contributed by atoms with Crippen molar-refractivity contribution in [3.63, 3.8) is 0 Å². The molecule has 0 unspecified atom stereocenters. The van der Waals surface area contributed by atoms with Crippen molar-refractivity contribution in [2.24, 2.45) is 0 Å². The van der Waals surface area contributed by atoms with Gasteiger partial charge in [0, 0.05) is 16.9 Å². The summed E-state index contributed by atoms with van der Waals surface area (Å²) in [5.74, 6) is -0.195. The molecular weight excluding hydrogens is 262 g/mol. The normalized spacial score (nSPS) is 10.4. The standard InChI is InChI=1S/C17H21N3O/c1-4-5-6-14-7-9-15(10-8-14)20-17(21)16-12(2)13(3)18-11-19-16/h7-11H,4-6H2,1-3H3,(H,20,21). The van der Waals surface area contributed by atoms with Crippen LogP contribution in [0.5, 0.6) is 0 Å². The van der Waals surface area contributed by atoms with Crippen molar-refractivity contribution in [3.05, 3.63) is 53.1 Å². The maximum atomic E-state index is 12.2. The Kier molecular flexibility index (Phi) is 5.04. The van der Waals surface area contributed by atoms with Gasteiger partial charge < -0.3 is 5.32 Å². The Morgan fingerprint density at radius 2 is 1.86 bits per heavy atom. The molecule has 21 heavy (non-hydrogen) atoms. The Hall–Kier alpha value is -2.23. The van der Waals surface area contributed by atoms with Gasteiger partial charge in [0.15, 0.2) is 0 Å². The predicted molar refractivity (Wildman–Crippen MR) is 84.5 cm³/mol. The maximum absolute atomic E-state index is 12.2. The number of unbranched alkanes of at least 4 members (excludes halogenated alkanes) is 1. The highest BCUT2D eigenvalue weighted by Crippen LogP contribution is 2.14. The van der Waals surface area contributed by atoms with Crippen LogP contribution in [0.4, 0.5) is 5.69 Å². The quantitative estimate of drug-likeness (QED) is 0.910. The van der Waals surface area contributed by atoms with E-state index in [2.05, 4.69) is 34.3 Å². The van der Waals surface area contributed by atoms with Gasteiger partial charge in [0.25, 0.3) is 5.91 Å². The van der Waals surface area contributed by atoms with Gasteiger partial charge in [0.05, 0.1) is 0 Å². The Balaban J connectivity index is 2.07. The number of aromatic nitrogens is 2. The number of hydrogen-bond donors (Lipinski definition) is 1. The molecule has 0 aliphatic rings. The van der Waals surface area contributed by atoms with Gasteiger partial charge in [0.2, 0.25) is 0 Å². The van der Waals surface area contributed by atoms with Crippen LogP contribution in [0.2, 0.25) is 0 Å². The summed E-state index contributed by atoms with van der Waals surface area (Å²) in [6, 6.07) is 7.99. The summed E-state index contributed by atoms with van der Waals surface area (Å²) in [5.41, 5.74) is 4.15. The summed E-state index contributed by atoms with van der Waals surface area (Å²) < 4.78 is 0. The van der Waals surface area contributed by atoms with Crippen LogP contribution in [-0.2, 0) is 6.42 Å². The molecule has 0 spiro atoms. The fourth-order valence-electron chi connectivity index (χ4n) is 2.09. The second-order valence-electron chi connectivity index (χ2n) is 5.19. The van der Waals surface area contributed by atoms with Crippen molar-refractivity contribution in [2.45, 2.75) is 40.0 Å². The molecular formula is C17H21N3O. The number of benzene rings is 1. The molecule has 0 atom stereocenters. The SMILES string of the molecule is CCCCc1ccc(NC(=O)c2ncnc(C)c2C)cc1. The average molecular weight is 283 g/mol. The van der Waals surface area contributed by atoms with Crippen LogP contribution in [0.3, 0.4) is 0 Å². The summed E-state index contributed by atoms with van der Waals surface area (Å²) in [5, 5.41) is 2.88. The van der Waals surface area contributed by atoms with Crippen molar-refractivity contribution >= 4 is 11.6 Å². The smallest absolute Gasteiger partial charge is 0.274 e. The fourth-order valence-corrected chi connectivity index (χ4v) is 2.09. The molecule has 1 heterocycles. The van der Waals surface area contributed by atoms with Gasteiger partial charge in [-0.05, 0) is 44.4 Å². The molecule has 0 bridgehead atoms. The number of carbonyl (C=O) groups is 1. The summed E-state index contributed by atoms with van der Waals surface area (Å²) in [4.78, 5) is 20.4. The molecule has 2 aromatic rings. The third-order valence-corrected chi connectivity index (χ3v) is 3.58. The largest absolute Gasteiger partial charge is 0.321 e. The fraction of sp³-hybridized carbons (Fsp3) is 0.353. The van der Waals surface area contributed by atoms with E-state index in [-0.39, 0.29) is 5.91 Å². The van der Waals surface area contributed by atoms with E-state index < -0.39 is 0 Å². The first-order valence-corrected chi connectivity index (χ1v) is 7.30. The van der Waals surface area contributed by atoms with E-state index >= 15 is 0 Å². The monoisotopic (exact) mass is 283 g/mol. The molecule has 1 amide bonds. The van der Waals surface area contributed by atoms with Gasteiger partial charge in [-0.1, -0.05) is 25.5 Å². The van der Waals surface area contributed by atoms with Gasteiger partial charge in [-0.25, -0.2) is 9.97 Å². The first kappa shape index (κ1) is 15.2. The number of aryl methyl sites for hydroxylation is 2. The van der Waals surface area contributed by atoms with Gasteiger partial charge in [0.1, 0.15) is 12.0 Å². The van der Waals surface area contributed by atoms with E-state index in [1.807, 2.05) is 26.0 Å². The second-order valence-corrected chi connectivity index (χ2v) is 5.19. The summed E-state index contributed by atoms with van der Waals surface area (Å²) in [7, 11) is 0. The Morgan fingerprint density at radius 1 is 1.14 bits per heavy atom. The number of amides is 1. The van der Waals surface area contributed by atoms with Crippen LogP contribution in [0.25, 0.3) is 0 Å². The van der Waals surface area contributed by atoms with E-state index in [4.69, 9.17) is 0 Å². The predicted octanol–water partition coefficient (Wildman–Crippen LogP) is 3.69. The first-order valence-electron chi connectivity index (χ1n) is 7.30. The molecule has 1 aromatic heterocycles. The van der Waals surface area contributed by atoms with E-state index in [9.17, 15) is 4.79 Å². The van der Waals surface area contributed by atoms with E-state index in [0.717, 1.165) is 23.4 Å². The lowest BCUT2D eigenvalue weighted by molar-refractivity contribution is 0.102. The number of nitrogens with zero attached hydrogens (tertiary/aromatic N) is 2. The molecule has 4 heteroatoms. The lowest BCUT2D eigenvalue weighted by Crippen LogP contribution is -2.16. The Morgan fingerprint density at radius 3 is 2.52 bits per heavy atom. The zero-order valence-corrected chi connectivity index (χ0v) is 12.8. The number of nitrogens with one attached hydrogen (secondary N) is 1. The van der Waals surface area contributed by atoms with Crippen molar-refractivity contribution in [3.8, 4) is 0 Å². The number of anilines is 1. The van der Waals surface area contributed by atoms with Gasteiger partial charge in [-0.15, -0.1) is 0 Å². The minimum atomic E-state index is -0.195. The molecule has 1 aromatic carbocycles. The number of hydrogen-bond acceptors (Lipinski definition) is 3. The van der Waals surface area contributed by atoms with E-state index in [0.29, 0.717) is 5.69 Å². The molecule has 0 radical (unpaired) electrons. The zero-order valence-electron chi connectivity index (χ0n) is 12.8. The summed E-state index contributed by atoms with van der Waals surface area (Å²) >= 11 is 0. The molecule has 0 saturated heterocycles. The number of carbonyl (C=O) groups excluding carboxylic acids is 1. The van der Waals surface area contributed by atoms with Crippen LogP contribution in [-0.4, -0.2) is 15.9 Å². The van der Waals surface area contributed by atoms with Crippen LogP contribution >= 0.6 is 0 Å². The van der Waals surface area contributed by atoms with Crippen molar-refractivity contribution in [1.29, 1.82) is 0 Å². The van der Waals surface area contributed by atoms with Crippen LogP contribution in [0, 0.1) is 13.8 Å². The summed E-state index contributed by atoms with van der Waals surface area (Å²) in [6.07, 6.45) is 4.87. The highest BCUT2D eigenvalue weighted by atomic mass is 16.1. The highest BCUT2D eigenvalue weighted by Gasteiger charge is 2.12. The minimum absolute atomic E-state index is 0.195. The van der Waals surface area contributed by atoms with Crippen LogP contribution < -0.4 is 5.32 Å². The van der Waals surface area contributed by atoms with E-state index in [1.54, 1.807) is 0 Å². The molecule has 2 rings (SSSR count). The average Bonchev–Trinajstić information content (AvgIpc) is 2.49.